The number of nitrogens with two attached hydrogens (primary N) is 1. The first-order valence-corrected chi connectivity index (χ1v) is 7.57. The molecule has 1 aliphatic rings. The van der Waals surface area contributed by atoms with Crippen LogP contribution in [0.3, 0.4) is 0 Å². The summed E-state index contributed by atoms with van der Waals surface area (Å²) in [6, 6.07) is 7.91. The molecule has 1 amide bonds. The summed E-state index contributed by atoms with van der Waals surface area (Å²) in [5.41, 5.74) is 7.64. The van der Waals surface area contributed by atoms with Gasteiger partial charge in [-0.05, 0) is 56.5 Å². The molecule has 0 spiro atoms. The van der Waals surface area contributed by atoms with E-state index in [1.807, 2.05) is 24.3 Å². The number of hydrogen-bond donors (Lipinski definition) is 2. The number of nitrogen functional groups attached to an aromatic ring is 1. The number of benzene rings is 1. The van der Waals surface area contributed by atoms with Crippen LogP contribution >= 0.6 is 0 Å². The number of amides is 1. The van der Waals surface area contributed by atoms with Gasteiger partial charge in [0.1, 0.15) is 0 Å². The second-order valence-electron chi connectivity index (χ2n) is 5.48. The monoisotopic (exact) mass is 275 g/mol. The Morgan fingerprint density at radius 2 is 2.15 bits per heavy atom. The van der Waals surface area contributed by atoms with E-state index in [2.05, 4.69) is 17.1 Å². The Labute approximate surface area is 121 Å². The zero-order valence-electron chi connectivity index (χ0n) is 12.3. The van der Waals surface area contributed by atoms with Crippen LogP contribution in [0.1, 0.15) is 31.7 Å². The van der Waals surface area contributed by atoms with Crippen LogP contribution in [-0.2, 0) is 11.2 Å². The molecular weight excluding hydrogens is 250 g/mol. The molecule has 0 bridgehead atoms. The summed E-state index contributed by atoms with van der Waals surface area (Å²) in [5, 5.41) is 3.06. The highest BCUT2D eigenvalue weighted by Gasteiger charge is 2.29. The maximum absolute atomic E-state index is 12.2. The molecule has 1 aliphatic heterocycles. The molecule has 4 heteroatoms. The Morgan fingerprint density at radius 3 is 2.85 bits per heavy atom. The van der Waals surface area contributed by atoms with Crippen molar-refractivity contribution in [3.8, 4) is 0 Å². The van der Waals surface area contributed by atoms with Gasteiger partial charge in [0, 0.05) is 12.2 Å². The predicted molar refractivity (Wildman–Crippen MR) is 82.5 cm³/mol. The Balaban J connectivity index is 1.76. The first-order chi connectivity index (χ1) is 9.70. The van der Waals surface area contributed by atoms with Crippen LogP contribution in [0.15, 0.2) is 24.3 Å². The molecule has 1 saturated heterocycles. The molecule has 4 nitrogen and oxygen atoms in total. The lowest BCUT2D eigenvalue weighted by molar-refractivity contribution is -0.125. The highest BCUT2D eigenvalue weighted by atomic mass is 16.2. The quantitative estimate of drug-likeness (QED) is 0.778. The lowest BCUT2D eigenvalue weighted by atomic mass is 10.1. The molecule has 110 valence electrons. The van der Waals surface area contributed by atoms with Crippen molar-refractivity contribution in [3.05, 3.63) is 29.8 Å². The standard InChI is InChI=1S/C16H25N3O/c1-2-11-19-12-3-4-15(19)16(20)18-10-9-13-5-7-14(17)8-6-13/h5-8,15H,2-4,9-12,17H2,1H3,(H,18,20). The number of nitrogens with one attached hydrogen (secondary N) is 1. The van der Waals surface area contributed by atoms with Crippen molar-refractivity contribution in [2.45, 2.75) is 38.6 Å². The topological polar surface area (TPSA) is 58.4 Å². The minimum atomic E-state index is 0.0846. The van der Waals surface area contributed by atoms with Crippen LogP contribution < -0.4 is 11.1 Å². The van der Waals surface area contributed by atoms with Crippen LogP contribution in [0.2, 0.25) is 0 Å². The second-order valence-corrected chi connectivity index (χ2v) is 5.48. The van der Waals surface area contributed by atoms with Crippen molar-refractivity contribution in [2.24, 2.45) is 0 Å². The molecule has 1 fully saturated rings. The fourth-order valence-corrected chi connectivity index (χ4v) is 2.81. The van der Waals surface area contributed by atoms with Gasteiger partial charge < -0.3 is 11.1 Å². The molecule has 3 N–H and O–H groups in total. The molecule has 1 heterocycles. The maximum atomic E-state index is 12.2. The van der Waals surface area contributed by atoms with Crippen molar-refractivity contribution in [1.29, 1.82) is 0 Å². The average Bonchev–Trinajstić information content (AvgIpc) is 2.90. The molecule has 0 saturated carbocycles. The van der Waals surface area contributed by atoms with E-state index < -0.39 is 0 Å². The number of carbonyl (C=O) groups is 1. The summed E-state index contributed by atoms with van der Waals surface area (Å²) in [5.74, 6) is 0.186. The van der Waals surface area contributed by atoms with Gasteiger partial charge in [0.2, 0.25) is 5.91 Å². The highest BCUT2D eigenvalue weighted by Crippen LogP contribution is 2.17. The van der Waals surface area contributed by atoms with Gasteiger partial charge in [-0.3, -0.25) is 9.69 Å². The molecule has 1 unspecified atom stereocenters. The number of carbonyl (C=O) groups excluding carboxylic acids is 1. The fourth-order valence-electron chi connectivity index (χ4n) is 2.81. The smallest absolute Gasteiger partial charge is 0.237 e. The van der Waals surface area contributed by atoms with Gasteiger partial charge in [-0.15, -0.1) is 0 Å². The molecule has 0 radical (unpaired) electrons. The van der Waals surface area contributed by atoms with Crippen molar-refractivity contribution in [3.63, 3.8) is 0 Å². The van der Waals surface area contributed by atoms with Crippen LogP contribution in [-0.4, -0.2) is 36.5 Å². The largest absolute Gasteiger partial charge is 0.399 e. The summed E-state index contributed by atoms with van der Waals surface area (Å²) < 4.78 is 0. The first-order valence-electron chi connectivity index (χ1n) is 7.57. The average molecular weight is 275 g/mol. The Bertz CT molecular complexity index is 430. The van der Waals surface area contributed by atoms with Crippen LogP contribution in [0.25, 0.3) is 0 Å². The van der Waals surface area contributed by atoms with E-state index in [9.17, 15) is 4.79 Å². The van der Waals surface area contributed by atoms with E-state index in [0.29, 0.717) is 6.54 Å². The van der Waals surface area contributed by atoms with Gasteiger partial charge >= 0.3 is 0 Å². The van der Waals surface area contributed by atoms with Crippen LogP contribution in [0.4, 0.5) is 5.69 Å². The number of anilines is 1. The molecule has 1 aromatic rings. The van der Waals surface area contributed by atoms with E-state index in [-0.39, 0.29) is 11.9 Å². The van der Waals surface area contributed by atoms with Crippen molar-refractivity contribution in [1.82, 2.24) is 10.2 Å². The first kappa shape index (κ1) is 14.9. The minimum absolute atomic E-state index is 0.0846. The third-order valence-corrected chi connectivity index (χ3v) is 3.87. The van der Waals surface area contributed by atoms with Crippen LogP contribution in [0, 0.1) is 0 Å². The second kappa shape index (κ2) is 7.29. The minimum Gasteiger partial charge on any atom is -0.399 e. The van der Waals surface area contributed by atoms with E-state index in [4.69, 9.17) is 5.73 Å². The lowest BCUT2D eigenvalue weighted by Gasteiger charge is -2.22. The summed E-state index contributed by atoms with van der Waals surface area (Å²) in [4.78, 5) is 14.5. The van der Waals surface area contributed by atoms with Crippen molar-refractivity contribution in [2.75, 3.05) is 25.4 Å². The fraction of sp³-hybridized carbons (Fsp3) is 0.562. The molecule has 1 atom stereocenters. The molecule has 2 rings (SSSR count). The highest BCUT2D eigenvalue weighted by molar-refractivity contribution is 5.82. The Morgan fingerprint density at radius 1 is 1.40 bits per heavy atom. The lowest BCUT2D eigenvalue weighted by Crippen LogP contribution is -2.44. The zero-order valence-corrected chi connectivity index (χ0v) is 12.3. The zero-order chi connectivity index (χ0) is 14.4. The molecule has 0 aromatic heterocycles. The SMILES string of the molecule is CCCN1CCCC1C(=O)NCCc1ccc(N)cc1. The Kier molecular flexibility index (Phi) is 5.41. The van der Waals surface area contributed by atoms with Crippen molar-refractivity contribution >= 4 is 11.6 Å². The van der Waals surface area contributed by atoms with E-state index in [1.165, 1.54) is 5.56 Å². The molecule has 0 aliphatic carbocycles. The molecular formula is C16H25N3O. The summed E-state index contributed by atoms with van der Waals surface area (Å²) >= 11 is 0. The van der Waals surface area contributed by atoms with E-state index >= 15 is 0 Å². The van der Waals surface area contributed by atoms with Gasteiger partial charge in [-0.1, -0.05) is 19.1 Å². The van der Waals surface area contributed by atoms with Gasteiger partial charge in [-0.25, -0.2) is 0 Å². The van der Waals surface area contributed by atoms with Crippen molar-refractivity contribution < 1.29 is 4.79 Å². The number of rotatable bonds is 6. The van der Waals surface area contributed by atoms with Gasteiger partial charge in [0.15, 0.2) is 0 Å². The van der Waals surface area contributed by atoms with Gasteiger partial charge in [0.05, 0.1) is 6.04 Å². The summed E-state index contributed by atoms with van der Waals surface area (Å²) in [6.45, 7) is 4.94. The van der Waals surface area contributed by atoms with Gasteiger partial charge in [0.25, 0.3) is 0 Å². The Hall–Kier alpha value is -1.55. The number of likely N-dealkylation sites (tertiary alicyclic amines) is 1. The third-order valence-electron chi connectivity index (χ3n) is 3.87. The summed E-state index contributed by atoms with van der Waals surface area (Å²) in [7, 11) is 0. The van der Waals surface area contributed by atoms with E-state index in [0.717, 1.165) is 44.5 Å². The van der Waals surface area contributed by atoms with Crippen LogP contribution in [0.5, 0.6) is 0 Å². The predicted octanol–water partition coefficient (Wildman–Crippen LogP) is 1.80. The molecule has 20 heavy (non-hydrogen) atoms. The summed E-state index contributed by atoms with van der Waals surface area (Å²) in [6.07, 6.45) is 4.09. The number of nitrogens with zero attached hydrogens (tertiary/aromatic N) is 1. The van der Waals surface area contributed by atoms with E-state index in [1.54, 1.807) is 0 Å². The number of hydrogen-bond acceptors (Lipinski definition) is 3. The maximum Gasteiger partial charge on any atom is 0.237 e. The van der Waals surface area contributed by atoms with Gasteiger partial charge in [-0.2, -0.15) is 0 Å². The molecule has 1 aromatic carbocycles. The third kappa shape index (κ3) is 3.97. The normalized spacial score (nSPS) is 19.1.